The molecule has 0 saturated heterocycles. The van der Waals surface area contributed by atoms with Crippen LogP contribution >= 0.6 is 15.9 Å². The Morgan fingerprint density at radius 1 is 1.16 bits per heavy atom. The number of benzene rings is 1. The van der Waals surface area contributed by atoms with Gasteiger partial charge in [0.25, 0.3) is 0 Å². The third-order valence-electron chi connectivity index (χ3n) is 4.08. The fourth-order valence-corrected chi connectivity index (χ4v) is 3.27. The maximum atomic E-state index is 13.9. The van der Waals surface area contributed by atoms with Crippen LogP contribution in [0.15, 0.2) is 16.6 Å². The molecule has 0 aromatic heterocycles. The van der Waals surface area contributed by atoms with E-state index >= 15 is 0 Å². The van der Waals surface area contributed by atoms with E-state index in [1.165, 1.54) is 37.8 Å². The molecule has 1 fully saturated rings. The van der Waals surface area contributed by atoms with Gasteiger partial charge in [-0.05, 0) is 53.2 Å². The quantitative estimate of drug-likeness (QED) is 0.637. The van der Waals surface area contributed by atoms with E-state index in [2.05, 4.69) is 15.9 Å². The molecule has 19 heavy (non-hydrogen) atoms. The van der Waals surface area contributed by atoms with Crippen molar-refractivity contribution in [2.45, 2.75) is 51.0 Å². The first-order valence-electron chi connectivity index (χ1n) is 6.97. The van der Waals surface area contributed by atoms with Crippen molar-refractivity contribution in [1.29, 1.82) is 0 Å². The minimum atomic E-state index is -0.510. The largest absolute Gasteiger partial charge is 0.327 e. The molecule has 4 heteroatoms. The first-order chi connectivity index (χ1) is 9.09. The van der Waals surface area contributed by atoms with Crippen LogP contribution in [0.3, 0.4) is 0 Å². The number of halogens is 3. The minimum Gasteiger partial charge on any atom is -0.327 e. The smallest absolute Gasteiger partial charge is 0.143 e. The lowest BCUT2D eigenvalue weighted by Gasteiger charge is -2.23. The summed E-state index contributed by atoms with van der Waals surface area (Å²) >= 11 is 3.10. The van der Waals surface area contributed by atoms with E-state index in [1.54, 1.807) is 0 Å². The molecular weight excluding hydrogens is 312 g/mol. The van der Waals surface area contributed by atoms with Crippen LogP contribution in [0.4, 0.5) is 8.78 Å². The summed E-state index contributed by atoms with van der Waals surface area (Å²) in [6, 6.07) is 2.53. The number of hydrogen-bond acceptors (Lipinski definition) is 1. The van der Waals surface area contributed by atoms with Gasteiger partial charge in [0.2, 0.25) is 0 Å². The van der Waals surface area contributed by atoms with Gasteiger partial charge in [-0.2, -0.15) is 0 Å². The molecule has 1 unspecified atom stereocenters. The molecule has 0 aliphatic heterocycles. The van der Waals surface area contributed by atoms with Crippen LogP contribution in [0.25, 0.3) is 0 Å². The van der Waals surface area contributed by atoms with Gasteiger partial charge in [0.15, 0.2) is 0 Å². The summed E-state index contributed by atoms with van der Waals surface area (Å²) in [5, 5.41) is 0. The highest BCUT2D eigenvalue weighted by Crippen LogP contribution is 2.28. The standard InChI is InChI=1S/C15H20BrF2N/c16-12-7-8-13(17)11(15(12)18)9-14(19)10-5-3-1-2-4-6-10/h7-8,10,14H,1-6,9,19H2. The van der Waals surface area contributed by atoms with E-state index in [-0.39, 0.29) is 18.0 Å². The Morgan fingerprint density at radius 2 is 1.79 bits per heavy atom. The molecule has 1 atom stereocenters. The molecular formula is C15H20BrF2N. The molecule has 0 spiro atoms. The van der Waals surface area contributed by atoms with Crippen LogP contribution in [0.2, 0.25) is 0 Å². The van der Waals surface area contributed by atoms with Crippen molar-refractivity contribution in [2.75, 3.05) is 0 Å². The van der Waals surface area contributed by atoms with Crippen LogP contribution in [0.5, 0.6) is 0 Å². The van der Waals surface area contributed by atoms with E-state index in [9.17, 15) is 8.78 Å². The van der Waals surface area contributed by atoms with Crippen molar-refractivity contribution in [3.8, 4) is 0 Å². The zero-order valence-corrected chi connectivity index (χ0v) is 12.6. The highest BCUT2D eigenvalue weighted by atomic mass is 79.9. The molecule has 0 heterocycles. The van der Waals surface area contributed by atoms with Gasteiger partial charge in [0.1, 0.15) is 11.6 Å². The molecule has 0 radical (unpaired) electrons. The van der Waals surface area contributed by atoms with E-state index in [0.29, 0.717) is 10.4 Å². The van der Waals surface area contributed by atoms with Gasteiger partial charge >= 0.3 is 0 Å². The second-order valence-electron chi connectivity index (χ2n) is 5.44. The zero-order chi connectivity index (χ0) is 13.8. The predicted octanol–water partition coefficient (Wildman–Crippen LogP) is 4.57. The maximum Gasteiger partial charge on any atom is 0.143 e. The van der Waals surface area contributed by atoms with Gasteiger partial charge in [-0.15, -0.1) is 0 Å². The normalized spacial score (nSPS) is 19.2. The average molecular weight is 332 g/mol. The summed E-state index contributed by atoms with van der Waals surface area (Å²) in [7, 11) is 0. The molecule has 1 aromatic rings. The Kier molecular flexibility index (Phi) is 5.34. The lowest BCUT2D eigenvalue weighted by molar-refractivity contribution is 0.365. The highest BCUT2D eigenvalue weighted by molar-refractivity contribution is 9.10. The summed E-state index contributed by atoms with van der Waals surface area (Å²) in [5.74, 6) is -0.617. The Morgan fingerprint density at radius 3 is 2.42 bits per heavy atom. The van der Waals surface area contributed by atoms with Gasteiger partial charge < -0.3 is 5.73 Å². The summed E-state index contributed by atoms with van der Waals surface area (Å²) in [6.45, 7) is 0. The Hall–Kier alpha value is -0.480. The number of nitrogens with two attached hydrogens (primary N) is 1. The summed E-state index contributed by atoms with van der Waals surface area (Å²) < 4.78 is 28.0. The first kappa shape index (κ1) is 14.9. The molecule has 106 valence electrons. The maximum absolute atomic E-state index is 13.9. The van der Waals surface area contributed by atoms with Gasteiger partial charge in [-0.3, -0.25) is 0 Å². The molecule has 1 saturated carbocycles. The summed E-state index contributed by atoms with van der Waals surface area (Å²) in [5.41, 5.74) is 6.31. The topological polar surface area (TPSA) is 26.0 Å². The fraction of sp³-hybridized carbons (Fsp3) is 0.600. The van der Waals surface area contributed by atoms with Crippen LogP contribution < -0.4 is 5.73 Å². The molecule has 1 aromatic carbocycles. The molecule has 1 aliphatic rings. The van der Waals surface area contributed by atoms with Crippen molar-refractivity contribution in [3.05, 3.63) is 33.8 Å². The third kappa shape index (κ3) is 3.76. The van der Waals surface area contributed by atoms with Crippen LogP contribution in [-0.2, 0) is 6.42 Å². The fourth-order valence-electron chi connectivity index (χ4n) is 2.90. The Balaban J connectivity index is 2.09. The van der Waals surface area contributed by atoms with Crippen molar-refractivity contribution in [2.24, 2.45) is 11.7 Å². The van der Waals surface area contributed by atoms with Gasteiger partial charge in [-0.25, -0.2) is 8.78 Å². The van der Waals surface area contributed by atoms with E-state index < -0.39 is 11.6 Å². The highest BCUT2D eigenvalue weighted by Gasteiger charge is 2.23. The van der Waals surface area contributed by atoms with Gasteiger partial charge in [0, 0.05) is 11.6 Å². The molecule has 0 bridgehead atoms. The van der Waals surface area contributed by atoms with Crippen molar-refractivity contribution in [1.82, 2.24) is 0 Å². The lowest BCUT2D eigenvalue weighted by Crippen LogP contribution is -2.32. The lowest BCUT2D eigenvalue weighted by atomic mass is 9.88. The van der Waals surface area contributed by atoms with Crippen molar-refractivity contribution < 1.29 is 8.78 Å². The van der Waals surface area contributed by atoms with Crippen LogP contribution in [0, 0.1) is 17.6 Å². The monoisotopic (exact) mass is 331 g/mol. The van der Waals surface area contributed by atoms with Gasteiger partial charge in [0.05, 0.1) is 4.47 Å². The van der Waals surface area contributed by atoms with E-state index in [1.807, 2.05) is 0 Å². The van der Waals surface area contributed by atoms with E-state index in [0.717, 1.165) is 12.8 Å². The zero-order valence-electron chi connectivity index (χ0n) is 11.0. The summed E-state index contributed by atoms with van der Waals surface area (Å²) in [6.07, 6.45) is 7.31. The Bertz CT molecular complexity index is 428. The molecule has 0 amide bonds. The van der Waals surface area contributed by atoms with Crippen molar-refractivity contribution in [3.63, 3.8) is 0 Å². The van der Waals surface area contributed by atoms with Crippen LogP contribution in [-0.4, -0.2) is 6.04 Å². The minimum absolute atomic E-state index is 0.117. The second-order valence-corrected chi connectivity index (χ2v) is 6.30. The van der Waals surface area contributed by atoms with Crippen LogP contribution in [0.1, 0.15) is 44.1 Å². The SMILES string of the molecule is NC(Cc1c(F)ccc(Br)c1F)C1CCCCCC1. The predicted molar refractivity (Wildman–Crippen MR) is 76.9 cm³/mol. The Labute approximate surface area is 121 Å². The number of rotatable bonds is 3. The first-order valence-corrected chi connectivity index (χ1v) is 7.77. The van der Waals surface area contributed by atoms with E-state index in [4.69, 9.17) is 5.73 Å². The second kappa shape index (κ2) is 6.80. The number of hydrogen-bond donors (Lipinski definition) is 1. The molecule has 1 nitrogen and oxygen atoms in total. The average Bonchev–Trinajstić information content (AvgIpc) is 2.68. The molecule has 2 rings (SSSR count). The summed E-state index contributed by atoms with van der Waals surface area (Å²) in [4.78, 5) is 0. The molecule has 1 aliphatic carbocycles. The third-order valence-corrected chi connectivity index (χ3v) is 4.70. The van der Waals surface area contributed by atoms with Crippen molar-refractivity contribution >= 4 is 15.9 Å². The molecule has 2 N–H and O–H groups in total. The van der Waals surface area contributed by atoms with Gasteiger partial charge in [-0.1, -0.05) is 25.7 Å².